The largest absolute Gasteiger partial charge is 0.481 e. The van der Waals surface area contributed by atoms with Crippen molar-refractivity contribution in [2.24, 2.45) is 5.11 Å². The predicted octanol–water partition coefficient (Wildman–Crippen LogP) is 4.95. The van der Waals surface area contributed by atoms with Gasteiger partial charge in [0.05, 0.1) is 6.04 Å². The van der Waals surface area contributed by atoms with Gasteiger partial charge >= 0.3 is 5.97 Å². The molecule has 0 bridgehead atoms. The van der Waals surface area contributed by atoms with Crippen molar-refractivity contribution in [1.82, 2.24) is 0 Å². The van der Waals surface area contributed by atoms with E-state index >= 15 is 0 Å². The SMILES string of the molecule is [N-]=[N+]=NC(CCC(=O)O)c1ccc(C2CCCCC2)cc1. The fourth-order valence-electron chi connectivity index (χ4n) is 3.04. The van der Waals surface area contributed by atoms with Gasteiger partial charge in [-0.25, -0.2) is 0 Å². The van der Waals surface area contributed by atoms with E-state index in [0.29, 0.717) is 12.3 Å². The van der Waals surface area contributed by atoms with Crippen LogP contribution in [0.1, 0.15) is 68.0 Å². The highest BCUT2D eigenvalue weighted by Crippen LogP contribution is 2.33. The zero-order valence-corrected chi connectivity index (χ0v) is 12.1. The van der Waals surface area contributed by atoms with Gasteiger partial charge in [-0.3, -0.25) is 4.79 Å². The van der Waals surface area contributed by atoms with E-state index in [9.17, 15) is 4.79 Å². The highest BCUT2D eigenvalue weighted by molar-refractivity contribution is 5.66. The van der Waals surface area contributed by atoms with Gasteiger partial charge in [0.25, 0.3) is 0 Å². The number of hydrogen-bond acceptors (Lipinski definition) is 2. The van der Waals surface area contributed by atoms with Gasteiger partial charge in [0, 0.05) is 11.3 Å². The Kier molecular flexibility index (Phi) is 5.64. The molecule has 2 rings (SSSR count). The molecule has 5 nitrogen and oxygen atoms in total. The lowest BCUT2D eigenvalue weighted by molar-refractivity contribution is -0.137. The summed E-state index contributed by atoms with van der Waals surface area (Å²) in [4.78, 5) is 13.5. The molecule has 1 N–H and O–H groups in total. The lowest BCUT2D eigenvalue weighted by atomic mass is 9.83. The number of benzene rings is 1. The Labute approximate surface area is 124 Å². The number of carboxylic acid groups (broad SMARTS) is 1. The van der Waals surface area contributed by atoms with E-state index in [4.69, 9.17) is 10.6 Å². The Hall–Kier alpha value is -2.00. The number of carbonyl (C=O) groups is 1. The Morgan fingerprint density at radius 3 is 2.52 bits per heavy atom. The molecule has 5 heteroatoms. The average molecular weight is 287 g/mol. The van der Waals surface area contributed by atoms with Gasteiger partial charge in [-0.1, -0.05) is 48.6 Å². The van der Waals surface area contributed by atoms with Gasteiger partial charge in [0.2, 0.25) is 0 Å². The maximum absolute atomic E-state index is 10.7. The molecule has 0 saturated heterocycles. The number of nitrogens with zero attached hydrogens (tertiary/aromatic N) is 3. The van der Waals surface area contributed by atoms with Gasteiger partial charge in [0.1, 0.15) is 0 Å². The van der Waals surface area contributed by atoms with Crippen LogP contribution in [0, 0.1) is 0 Å². The van der Waals surface area contributed by atoms with E-state index in [2.05, 4.69) is 22.2 Å². The third kappa shape index (κ3) is 4.50. The molecule has 0 amide bonds. The molecule has 1 aromatic rings. The second kappa shape index (κ2) is 7.70. The summed E-state index contributed by atoms with van der Waals surface area (Å²) in [7, 11) is 0. The zero-order chi connectivity index (χ0) is 15.1. The van der Waals surface area contributed by atoms with Crippen molar-refractivity contribution in [2.45, 2.75) is 56.9 Å². The van der Waals surface area contributed by atoms with Gasteiger partial charge in [-0.05, 0) is 41.8 Å². The van der Waals surface area contributed by atoms with Crippen LogP contribution in [-0.2, 0) is 4.79 Å². The van der Waals surface area contributed by atoms with Crippen molar-refractivity contribution in [2.75, 3.05) is 0 Å². The van der Waals surface area contributed by atoms with Crippen LogP contribution < -0.4 is 0 Å². The molecule has 21 heavy (non-hydrogen) atoms. The summed E-state index contributed by atoms with van der Waals surface area (Å²) in [5.41, 5.74) is 10.9. The van der Waals surface area contributed by atoms with Crippen LogP contribution >= 0.6 is 0 Å². The summed E-state index contributed by atoms with van der Waals surface area (Å²) in [5.74, 6) is -0.225. The summed E-state index contributed by atoms with van der Waals surface area (Å²) in [5, 5.41) is 12.5. The molecule has 1 atom stereocenters. The summed E-state index contributed by atoms with van der Waals surface area (Å²) in [6.45, 7) is 0. The first kappa shape index (κ1) is 15.4. The lowest BCUT2D eigenvalue weighted by Crippen LogP contribution is -2.05. The van der Waals surface area contributed by atoms with Gasteiger partial charge < -0.3 is 5.11 Å². The number of azide groups is 1. The Morgan fingerprint density at radius 1 is 1.29 bits per heavy atom. The molecule has 1 aromatic carbocycles. The number of aliphatic carboxylic acids is 1. The van der Waals surface area contributed by atoms with Crippen LogP contribution in [0.2, 0.25) is 0 Å². The molecule has 0 spiro atoms. The van der Waals surface area contributed by atoms with Crippen molar-refractivity contribution in [1.29, 1.82) is 0 Å². The van der Waals surface area contributed by atoms with Crippen LogP contribution in [0.15, 0.2) is 29.4 Å². The fraction of sp³-hybridized carbons (Fsp3) is 0.562. The van der Waals surface area contributed by atoms with Crippen LogP contribution in [0.25, 0.3) is 10.4 Å². The fourth-order valence-corrected chi connectivity index (χ4v) is 3.04. The van der Waals surface area contributed by atoms with E-state index in [1.54, 1.807) is 0 Å². The monoisotopic (exact) mass is 287 g/mol. The quantitative estimate of drug-likeness (QED) is 0.456. The smallest absolute Gasteiger partial charge is 0.303 e. The molecule has 112 valence electrons. The molecule has 1 saturated carbocycles. The molecular formula is C16H21N3O2. The summed E-state index contributed by atoms with van der Waals surface area (Å²) < 4.78 is 0. The van der Waals surface area contributed by atoms with Gasteiger partial charge in [-0.15, -0.1) is 0 Å². The van der Waals surface area contributed by atoms with Crippen LogP contribution in [0.5, 0.6) is 0 Å². The molecule has 1 fully saturated rings. The first-order valence-corrected chi connectivity index (χ1v) is 7.56. The van der Waals surface area contributed by atoms with Gasteiger partial charge in [0.15, 0.2) is 0 Å². The lowest BCUT2D eigenvalue weighted by Gasteiger charge is -2.22. The molecular weight excluding hydrogens is 266 g/mol. The maximum atomic E-state index is 10.7. The van der Waals surface area contributed by atoms with Crippen LogP contribution in [0.3, 0.4) is 0 Å². The number of carboxylic acids is 1. The van der Waals surface area contributed by atoms with Crippen LogP contribution in [-0.4, -0.2) is 11.1 Å². The van der Waals surface area contributed by atoms with E-state index in [1.807, 2.05) is 12.1 Å². The Bertz CT molecular complexity index is 515. The van der Waals surface area contributed by atoms with Crippen molar-refractivity contribution in [3.63, 3.8) is 0 Å². The number of hydrogen-bond donors (Lipinski definition) is 1. The normalized spacial score (nSPS) is 17.0. The molecule has 0 aliphatic heterocycles. The molecule has 1 unspecified atom stereocenters. The maximum Gasteiger partial charge on any atom is 0.303 e. The molecule has 0 aromatic heterocycles. The highest BCUT2D eigenvalue weighted by Gasteiger charge is 2.16. The first-order chi connectivity index (χ1) is 10.2. The number of rotatable bonds is 6. The molecule has 0 radical (unpaired) electrons. The Balaban J connectivity index is 2.07. The van der Waals surface area contributed by atoms with E-state index in [1.165, 1.54) is 37.7 Å². The molecule has 1 aliphatic carbocycles. The van der Waals surface area contributed by atoms with Crippen molar-refractivity contribution in [3.8, 4) is 0 Å². The average Bonchev–Trinajstić information content (AvgIpc) is 2.52. The predicted molar refractivity (Wildman–Crippen MR) is 81.0 cm³/mol. The van der Waals surface area contributed by atoms with Gasteiger partial charge in [-0.2, -0.15) is 0 Å². The minimum Gasteiger partial charge on any atom is -0.481 e. The van der Waals surface area contributed by atoms with Crippen molar-refractivity contribution >= 4 is 5.97 Å². The summed E-state index contributed by atoms with van der Waals surface area (Å²) >= 11 is 0. The second-order valence-electron chi connectivity index (χ2n) is 5.65. The Morgan fingerprint density at radius 2 is 1.95 bits per heavy atom. The third-order valence-corrected chi connectivity index (χ3v) is 4.22. The minimum absolute atomic E-state index is 0.00800. The topological polar surface area (TPSA) is 86.1 Å². The van der Waals surface area contributed by atoms with E-state index in [-0.39, 0.29) is 6.42 Å². The standard InChI is InChI=1S/C16H21N3O2/c17-19-18-15(10-11-16(20)21)14-8-6-13(7-9-14)12-4-2-1-3-5-12/h6-9,12,15H,1-5,10-11H2,(H,20,21). The second-order valence-corrected chi connectivity index (χ2v) is 5.65. The van der Waals surface area contributed by atoms with E-state index in [0.717, 1.165) is 5.56 Å². The first-order valence-electron chi connectivity index (χ1n) is 7.56. The zero-order valence-electron chi connectivity index (χ0n) is 12.1. The van der Waals surface area contributed by atoms with Crippen molar-refractivity contribution in [3.05, 3.63) is 45.8 Å². The molecule has 1 aliphatic rings. The van der Waals surface area contributed by atoms with E-state index < -0.39 is 12.0 Å². The summed E-state index contributed by atoms with van der Waals surface area (Å²) in [6.07, 6.45) is 6.77. The van der Waals surface area contributed by atoms with Crippen LogP contribution in [0.4, 0.5) is 0 Å². The summed E-state index contributed by atoms with van der Waals surface area (Å²) in [6, 6.07) is 7.76. The molecule has 0 heterocycles. The minimum atomic E-state index is -0.869. The van der Waals surface area contributed by atoms with Crippen molar-refractivity contribution < 1.29 is 9.90 Å². The third-order valence-electron chi connectivity index (χ3n) is 4.22. The highest BCUT2D eigenvalue weighted by atomic mass is 16.4.